The molecule has 2 aromatic carbocycles. The SMILES string of the molecule is COc1ccccc1C1C(C(=O)Nc2ccccc2)=C(C)Nc2ncnn21. The smallest absolute Gasteiger partial charge is 0.255 e. The van der Waals surface area contributed by atoms with E-state index >= 15 is 0 Å². The minimum atomic E-state index is -0.455. The third kappa shape index (κ3) is 3.03. The maximum Gasteiger partial charge on any atom is 0.255 e. The van der Waals surface area contributed by atoms with Gasteiger partial charge in [0.05, 0.1) is 12.7 Å². The van der Waals surface area contributed by atoms with E-state index in [1.54, 1.807) is 11.8 Å². The summed E-state index contributed by atoms with van der Waals surface area (Å²) in [6.07, 6.45) is 1.47. The Hall–Kier alpha value is -3.61. The van der Waals surface area contributed by atoms with Gasteiger partial charge in [0.2, 0.25) is 5.95 Å². The molecule has 1 atom stereocenters. The normalized spacial score (nSPS) is 15.7. The Morgan fingerprint density at radius 1 is 1.15 bits per heavy atom. The number of methoxy groups -OCH3 is 1. The maximum absolute atomic E-state index is 13.2. The molecule has 1 unspecified atom stereocenters. The Kier molecular flexibility index (Phi) is 4.33. The molecule has 0 radical (unpaired) electrons. The van der Waals surface area contributed by atoms with Crippen LogP contribution in [0.5, 0.6) is 5.75 Å². The molecule has 0 spiro atoms. The van der Waals surface area contributed by atoms with Crippen molar-refractivity contribution in [2.45, 2.75) is 13.0 Å². The third-order valence-electron chi connectivity index (χ3n) is 4.50. The summed E-state index contributed by atoms with van der Waals surface area (Å²) in [5, 5.41) is 10.5. The zero-order valence-corrected chi connectivity index (χ0v) is 15.0. The number of anilines is 2. The number of benzene rings is 2. The molecule has 0 saturated heterocycles. The number of rotatable bonds is 4. The highest BCUT2D eigenvalue weighted by molar-refractivity contribution is 6.06. The van der Waals surface area contributed by atoms with E-state index in [1.807, 2.05) is 61.5 Å². The lowest BCUT2D eigenvalue weighted by Gasteiger charge is -2.29. The molecule has 0 aliphatic carbocycles. The van der Waals surface area contributed by atoms with Gasteiger partial charge in [-0.25, -0.2) is 4.68 Å². The fourth-order valence-corrected chi connectivity index (χ4v) is 3.28. The van der Waals surface area contributed by atoms with Crippen molar-refractivity contribution in [3.8, 4) is 5.75 Å². The number of hydrogen-bond donors (Lipinski definition) is 2. The quantitative estimate of drug-likeness (QED) is 0.746. The van der Waals surface area contributed by atoms with Crippen molar-refractivity contribution in [3.05, 3.63) is 77.8 Å². The predicted molar refractivity (Wildman–Crippen MR) is 103 cm³/mol. The van der Waals surface area contributed by atoms with Gasteiger partial charge >= 0.3 is 0 Å². The first-order valence-electron chi connectivity index (χ1n) is 8.55. The van der Waals surface area contributed by atoms with Crippen LogP contribution in [-0.2, 0) is 4.79 Å². The Morgan fingerprint density at radius 2 is 1.89 bits per heavy atom. The molecular weight excluding hydrogens is 342 g/mol. The first-order chi connectivity index (χ1) is 13.2. The van der Waals surface area contributed by atoms with Gasteiger partial charge in [0, 0.05) is 16.9 Å². The molecule has 4 rings (SSSR count). The summed E-state index contributed by atoms with van der Waals surface area (Å²) in [4.78, 5) is 17.4. The second-order valence-electron chi connectivity index (χ2n) is 6.16. The van der Waals surface area contributed by atoms with Crippen molar-refractivity contribution < 1.29 is 9.53 Å². The predicted octanol–water partition coefficient (Wildman–Crippen LogP) is 3.21. The Morgan fingerprint density at radius 3 is 2.67 bits per heavy atom. The molecule has 0 saturated carbocycles. The summed E-state index contributed by atoms with van der Waals surface area (Å²) < 4.78 is 7.23. The van der Waals surface area contributed by atoms with Crippen LogP contribution < -0.4 is 15.4 Å². The fourth-order valence-electron chi connectivity index (χ4n) is 3.28. The molecule has 1 aliphatic rings. The van der Waals surface area contributed by atoms with Crippen LogP contribution in [0.4, 0.5) is 11.6 Å². The lowest BCUT2D eigenvalue weighted by molar-refractivity contribution is -0.113. The van der Waals surface area contributed by atoms with Crippen LogP contribution in [0, 0.1) is 0 Å². The minimum Gasteiger partial charge on any atom is -0.496 e. The van der Waals surface area contributed by atoms with Gasteiger partial charge in [0.25, 0.3) is 5.91 Å². The number of carbonyl (C=O) groups is 1. The van der Waals surface area contributed by atoms with Gasteiger partial charge in [0.1, 0.15) is 18.1 Å². The highest BCUT2D eigenvalue weighted by Gasteiger charge is 2.34. The van der Waals surface area contributed by atoms with E-state index in [9.17, 15) is 4.79 Å². The van der Waals surface area contributed by atoms with Crippen LogP contribution >= 0.6 is 0 Å². The van der Waals surface area contributed by atoms with Gasteiger partial charge in [-0.15, -0.1) is 0 Å². The second kappa shape index (κ2) is 6.95. The molecule has 7 heteroatoms. The third-order valence-corrected chi connectivity index (χ3v) is 4.50. The summed E-state index contributed by atoms with van der Waals surface area (Å²) in [5.41, 5.74) is 2.85. The number of para-hydroxylation sites is 2. The van der Waals surface area contributed by atoms with Crippen molar-refractivity contribution in [1.82, 2.24) is 14.8 Å². The van der Waals surface area contributed by atoms with Gasteiger partial charge in [-0.3, -0.25) is 4.79 Å². The zero-order chi connectivity index (χ0) is 18.8. The van der Waals surface area contributed by atoms with Crippen molar-refractivity contribution in [3.63, 3.8) is 0 Å². The summed E-state index contributed by atoms with van der Waals surface area (Å²) in [7, 11) is 1.61. The number of nitrogens with one attached hydrogen (secondary N) is 2. The number of hydrogen-bond acceptors (Lipinski definition) is 5. The standard InChI is InChI=1S/C20H19N5O2/c1-13-17(19(26)24-14-8-4-3-5-9-14)18(25-20(23-13)21-12-22-25)15-10-6-7-11-16(15)27-2/h3-12,18H,1-2H3,(H,24,26)(H,21,22,23). The number of carbonyl (C=O) groups excluding carboxylic acids is 1. The van der Waals surface area contributed by atoms with E-state index in [0.29, 0.717) is 17.3 Å². The highest BCUT2D eigenvalue weighted by atomic mass is 16.5. The zero-order valence-electron chi connectivity index (χ0n) is 15.0. The lowest BCUT2D eigenvalue weighted by atomic mass is 9.94. The summed E-state index contributed by atoms with van der Waals surface area (Å²) in [6.45, 7) is 1.86. The second-order valence-corrected chi connectivity index (χ2v) is 6.16. The van der Waals surface area contributed by atoms with Crippen molar-refractivity contribution in [2.24, 2.45) is 0 Å². The number of allylic oxidation sites excluding steroid dienone is 1. The molecule has 3 aromatic rings. The average Bonchev–Trinajstić information content (AvgIpc) is 3.15. The molecule has 2 N–H and O–H groups in total. The first kappa shape index (κ1) is 16.8. The summed E-state index contributed by atoms with van der Waals surface area (Å²) in [6, 6.07) is 16.5. The number of fused-ring (bicyclic) bond motifs is 1. The Bertz CT molecular complexity index is 1010. The van der Waals surface area contributed by atoms with Gasteiger partial charge in [-0.2, -0.15) is 10.1 Å². The van der Waals surface area contributed by atoms with Crippen LogP contribution in [0.25, 0.3) is 0 Å². The van der Waals surface area contributed by atoms with E-state index in [-0.39, 0.29) is 5.91 Å². The van der Waals surface area contributed by atoms with Gasteiger partial charge in [-0.05, 0) is 25.1 Å². The number of amides is 1. The highest BCUT2D eigenvalue weighted by Crippen LogP contribution is 2.38. The monoisotopic (exact) mass is 361 g/mol. The average molecular weight is 361 g/mol. The molecule has 1 amide bonds. The molecule has 0 bridgehead atoms. The van der Waals surface area contributed by atoms with E-state index in [2.05, 4.69) is 20.7 Å². The van der Waals surface area contributed by atoms with Crippen LogP contribution in [0.3, 0.4) is 0 Å². The van der Waals surface area contributed by atoms with Gasteiger partial charge in [-0.1, -0.05) is 36.4 Å². The topological polar surface area (TPSA) is 81.1 Å². The van der Waals surface area contributed by atoms with E-state index in [0.717, 1.165) is 16.9 Å². The van der Waals surface area contributed by atoms with Crippen LogP contribution in [0.15, 0.2) is 72.2 Å². The molecular formula is C20H19N5O2. The van der Waals surface area contributed by atoms with Crippen molar-refractivity contribution in [2.75, 3.05) is 17.7 Å². The Labute approximate surface area is 156 Å². The van der Waals surface area contributed by atoms with Gasteiger partial charge in [0.15, 0.2) is 0 Å². The van der Waals surface area contributed by atoms with E-state index in [4.69, 9.17) is 4.74 Å². The van der Waals surface area contributed by atoms with Gasteiger partial charge < -0.3 is 15.4 Å². The molecule has 1 aliphatic heterocycles. The van der Waals surface area contributed by atoms with E-state index < -0.39 is 6.04 Å². The maximum atomic E-state index is 13.2. The van der Waals surface area contributed by atoms with Crippen LogP contribution in [-0.4, -0.2) is 27.8 Å². The first-order valence-corrected chi connectivity index (χ1v) is 8.55. The fraction of sp³-hybridized carbons (Fsp3) is 0.150. The number of aromatic nitrogens is 3. The lowest BCUT2D eigenvalue weighted by Crippen LogP contribution is -2.31. The van der Waals surface area contributed by atoms with Crippen LogP contribution in [0.2, 0.25) is 0 Å². The molecule has 1 aromatic heterocycles. The molecule has 27 heavy (non-hydrogen) atoms. The molecule has 136 valence electrons. The largest absolute Gasteiger partial charge is 0.496 e. The van der Waals surface area contributed by atoms with E-state index in [1.165, 1.54) is 6.33 Å². The number of nitrogens with zero attached hydrogens (tertiary/aromatic N) is 3. The molecule has 0 fully saturated rings. The van der Waals surface area contributed by atoms with Crippen molar-refractivity contribution in [1.29, 1.82) is 0 Å². The molecule has 2 heterocycles. The summed E-state index contributed by atoms with van der Waals surface area (Å²) in [5.74, 6) is 1.06. The summed E-state index contributed by atoms with van der Waals surface area (Å²) >= 11 is 0. The number of ether oxygens (including phenoxy) is 1. The Balaban J connectivity index is 1.81. The van der Waals surface area contributed by atoms with Crippen LogP contribution in [0.1, 0.15) is 18.5 Å². The minimum absolute atomic E-state index is 0.205. The van der Waals surface area contributed by atoms with Crippen molar-refractivity contribution >= 4 is 17.5 Å². The molecule has 7 nitrogen and oxygen atoms in total.